The Kier molecular flexibility index (Phi) is 8.61. The number of hydrogen-bond donors (Lipinski definition) is 1. The largest absolute Gasteiger partial charge is 0.494 e. The van der Waals surface area contributed by atoms with E-state index in [-0.39, 0.29) is 17.3 Å². The van der Waals surface area contributed by atoms with Gasteiger partial charge in [-0.2, -0.15) is 0 Å². The number of carbonyl (C=O) groups excluding carboxylic acids is 1. The Labute approximate surface area is 213 Å². The van der Waals surface area contributed by atoms with Crippen LogP contribution in [0.4, 0.5) is 5.69 Å². The summed E-state index contributed by atoms with van der Waals surface area (Å²) in [6, 6.07) is 23.0. The molecule has 3 aromatic rings. The molecular weight excluding hydrogens is 474 g/mol. The molecule has 1 N–H and O–H groups in total. The topological polar surface area (TPSA) is 79.0 Å². The first-order valence-corrected chi connectivity index (χ1v) is 13.8. The van der Waals surface area contributed by atoms with Gasteiger partial charge in [0.15, 0.2) is 0 Å². The Bertz CT molecular complexity index is 1240. The third kappa shape index (κ3) is 6.44. The highest BCUT2D eigenvalue weighted by Gasteiger charge is 2.27. The number of benzene rings is 3. The summed E-state index contributed by atoms with van der Waals surface area (Å²) < 4.78 is 33.7. The Hall–Kier alpha value is -3.36. The van der Waals surface area contributed by atoms with Gasteiger partial charge in [-0.25, -0.2) is 8.42 Å². The predicted molar refractivity (Wildman–Crippen MR) is 141 cm³/mol. The van der Waals surface area contributed by atoms with Crippen LogP contribution >= 0.6 is 0 Å². The standard InChI is InChI=1S/C28H33N3O4S/c1-2-35-26-14-16-27(17-15-26)36(33,34)31(25-12-4-3-5-13-25)22-28(32)29-20-23-10-6-7-11-24(23)21-30-18-8-9-19-30/h3-7,10-17H,2,8-9,18-22H2,1H3,(H,29,32). The second-order valence-corrected chi connectivity index (χ2v) is 10.6. The summed E-state index contributed by atoms with van der Waals surface area (Å²) in [7, 11) is -3.98. The SMILES string of the molecule is CCOc1ccc(S(=O)(=O)N(CC(=O)NCc2ccccc2CN2CCCC2)c2ccccc2)cc1. The number of nitrogens with zero attached hydrogens (tertiary/aromatic N) is 2. The lowest BCUT2D eigenvalue weighted by atomic mass is 10.1. The lowest BCUT2D eigenvalue weighted by Crippen LogP contribution is -2.40. The van der Waals surface area contributed by atoms with E-state index in [1.807, 2.05) is 31.2 Å². The molecule has 1 aliphatic heterocycles. The van der Waals surface area contributed by atoms with Crippen molar-refractivity contribution in [1.82, 2.24) is 10.2 Å². The summed E-state index contributed by atoms with van der Waals surface area (Å²) in [6.45, 7) is 5.41. The molecule has 1 fully saturated rings. The number of hydrogen-bond acceptors (Lipinski definition) is 5. The number of anilines is 1. The van der Waals surface area contributed by atoms with Crippen molar-refractivity contribution in [3.8, 4) is 5.75 Å². The van der Waals surface area contributed by atoms with Crippen LogP contribution in [0.3, 0.4) is 0 Å². The summed E-state index contributed by atoms with van der Waals surface area (Å²) in [5.41, 5.74) is 2.65. The molecule has 0 radical (unpaired) electrons. The minimum absolute atomic E-state index is 0.0959. The average molecular weight is 508 g/mol. The smallest absolute Gasteiger partial charge is 0.264 e. The van der Waals surface area contributed by atoms with Crippen LogP contribution in [0, 0.1) is 0 Å². The number of sulfonamides is 1. The van der Waals surface area contributed by atoms with Gasteiger partial charge in [0, 0.05) is 13.1 Å². The zero-order chi connectivity index (χ0) is 25.4. The molecule has 7 nitrogen and oxygen atoms in total. The van der Waals surface area contributed by atoms with Crippen LogP contribution in [0.25, 0.3) is 0 Å². The number of para-hydroxylation sites is 1. The predicted octanol–water partition coefficient (Wildman–Crippen LogP) is 4.19. The molecule has 0 spiro atoms. The van der Waals surface area contributed by atoms with E-state index >= 15 is 0 Å². The molecule has 1 saturated heterocycles. The van der Waals surface area contributed by atoms with Crippen LogP contribution in [0.5, 0.6) is 5.75 Å². The Morgan fingerprint density at radius 2 is 1.56 bits per heavy atom. The average Bonchev–Trinajstić information content (AvgIpc) is 3.41. The van der Waals surface area contributed by atoms with E-state index in [9.17, 15) is 13.2 Å². The highest BCUT2D eigenvalue weighted by atomic mass is 32.2. The van der Waals surface area contributed by atoms with Gasteiger partial charge in [-0.05, 0) is 80.4 Å². The zero-order valence-electron chi connectivity index (χ0n) is 20.6. The molecule has 8 heteroatoms. The monoisotopic (exact) mass is 507 g/mol. The number of rotatable bonds is 11. The molecule has 0 aliphatic carbocycles. The highest BCUT2D eigenvalue weighted by Crippen LogP contribution is 2.25. The summed E-state index contributed by atoms with van der Waals surface area (Å²) >= 11 is 0. The third-order valence-electron chi connectivity index (χ3n) is 6.24. The van der Waals surface area contributed by atoms with Crippen LogP contribution in [0.1, 0.15) is 30.9 Å². The fraction of sp³-hybridized carbons (Fsp3) is 0.321. The molecule has 4 rings (SSSR count). The van der Waals surface area contributed by atoms with Crippen LogP contribution < -0.4 is 14.4 Å². The second-order valence-electron chi connectivity index (χ2n) is 8.78. The molecule has 0 unspecified atom stereocenters. The van der Waals surface area contributed by atoms with Gasteiger partial charge in [0.1, 0.15) is 12.3 Å². The van der Waals surface area contributed by atoms with Crippen molar-refractivity contribution in [3.63, 3.8) is 0 Å². The van der Waals surface area contributed by atoms with Crippen LogP contribution in [-0.4, -0.2) is 45.5 Å². The fourth-order valence-electron chi connectivity index (χ4n) is 4.36. The first-order valence-electron chi connectivity index (χ1n) is 12.3. The van der Waals surface area contributed by atoms with Gasteiger partial charge in [-0.3, -0.25) is 14.0 Å². The normalized spacial score (nSPS) is 13.9. The molecule has 36 heavy (non-hydrogen) atoms. The van der Waals surface area contributed by atoms with Crippen molar-refractivity contribution in [2.24, 2.45) is 0 Å². The van der Waals surface area contributed by atoms with E-state index in [4.69, 9.17) is 4.74 Å². The maximum Gasteiger partial charge on any atom is 0.264 e. The van der Waals surface area contributed by atoms with E-state index in [2.05, 4.69) is 16.3 Å². The maximum absolute atomic E-state index is 13.6. The summed E-state index contributed by atoms with van der Waals surface area (Å²) in [5.74, 6) is 0.220. The molecule has 1 amide bonds. The Morgan fingerprint density at radius 3 is 2.22 bits per heavy atom. The number of ether oxygens (including phenoxy) is 1. The molecule has 0 atom stereocenters. The number of carbonyl (C=O) groups is 1. The quantitative estimate of drug-likeness (QED) is 0.421. The highest BCUT2D eigenvalue weighted by molar-refractivity contribution is 7.92. The van der Waals surface area contributed by atoms with Gasteiger partial charge < -0.3 is 10.1 Å². The van der Waals surface area contributed by atoms with E-state index < -0.39 is 10.0 Å². The van der Waals surface area contributed by atoms with Crippen molar-refractivity contribution in [2.45, 2.75) is 37.8 Å². The Balaban J connectivity index is 1.49. The first-order chi connectivity index (χ1) is 17.5. The van der Waals surface area contributed by atoms with Crippen molar-refractivity contribution >= 4 is 21.6 Å². The molecular formula is C28H33N3O4S. The lowest BCUT2D eigenvalue weighted by molar-refractivity contribution is -0.119. The van der Waals surface area contributed by atoms with Crippen LogP contribution in [0.15, 0.2) is 83.8 Å². The van der Waals surface area contributed by atoms with Crippen molar-refractivity contribution in [1.29, 1.82) is 0 Å². The molecule has 0 bridgehead atoms. The second kappa shape index (κ2) is 12.1. The fourth-order valence-corrected chi connectivity index (χ4v) is 5.78. The number of amides is 1. The number of likely N-dealkylation sites (tertiary alicyclic amines) is 1. The number of nitrogens with one attached hydrogen (secondary N) is 1. The molecule has 0 aromatic heterocycles. The van der Waals surface area contributed by atoms with Crippen LogP contribution in [0.2, 0.25) is 0 Å². The molecule has 0 saturated carbocycles. The summed E-state index contributed by atoms with van der Waals surface area (Å²) in [4.78, 5) is 15.5. The van der Waals surface area contributed by atoms with Gasteiger partial charge in [-0.1, -0.05) is 42.5 Å². The minimum atomic E-state index is -3.98. The summed E-state index contributed by atoms with van der Waals surface area (Å²) in [5, 5.41) is 2.93. The van der Waals surface area contributed by atoms with E-state index in [1.54, 1.807) is 36.4 Å². The van der Waals surface area contributed by atoms with Crippen molar-refractivity contribution in [3.05, 3.63) is 90.0 Å². The molecule has 1 aliphatic rings. The zero-order valence-corrected chi connectivity index (χ0v) is 21.4. The third-order valence-corrected chi connectivity index (χ3v) is 8.03. The first kappa shape index (κ1) is 25.7. The van der Waals surface area contributed by atoms with Gasteiger partial charge in [0.05, 0.1) is 17.2 Å². The van der Waals surface area contributed by atoms with Crippen molar-refractivity contribution in [2.75, 3.05) is 30.5 Å². The maximum atomic E-state index is 13.6. The van der Waals surface area contributed by atoms with Crippen LogP contribution in [-0.2, 0) is 27.9 Å². The van der Waals surface area contributed by atoms with E-state index in [1.165, 1.54) is 30.5 Å². The van der Waals surface area contributed by atoms with Crippen molar-refractivity contribution < 1.29 is 17.9 Å². The Morgan fingerprint density at radius 1 is 0.917 bits per heavy atom. The van der Waals surface area contributed by atoms with Gasteiger partial charge in [0.25, 0.3) is 10.0 Å². The minimum Gasteiger partial charge on any atom is -0.494 e. The summed E-state index contributed by atoms with van der Waals surface area (Å²) in [6.07, 6.45) is 2.44. The van der Waals surface area contributed by atoms with E-state index in [0.717, 1.165) is 29.5 Å². The molecule has 3 aromatic carbocycles. The van der Waals surface area contributed by atoms with E-state index in [0.29, 0.717) is 24.6 Å². The van der Waals surface area contributed by atoms with Gasteiger partial charge >= 0.3 is 0 Å². The van der Waals surface area contributed by atoms with Gasteiger partial charge in [-0.15, -0.1) is 0 Å². The van der Waals surface area contributed by atoms with Gasteiger partial charge in [0.2, 0.25) is 5.91 Å². The lowest BCUT2D eigenvalue weighted by Gasteiger charge is -2.24. The molecule has 190 valence electrons. The molecule has 1 heterocycles.